The van der Waals surface area contributed by atoms with Gasteiger partial charge in [-0.1, -0.05) is 25.5 Å². The molecule has 1 aromatic carbocycles. The zero-order valence-electron chi connectivity index (χ0n) is 14.8. The van der Waals surface area contributed by atoms with Crippen LogP contribution in [-0.4, -0.2) is 23.8 Å². The fraction of sp³-hybridized carbons (Fsp3) is 0.632. The van der Waals surface area contributed by atoms with Gasteiger partial charge in [0, 0.05) is 17.8 Å². The Balaban J connectivity index is 1.68. The van der Waals surface area contributed by atoms with Crippen LogP contribution in [0.2, 0.25) is 0 Å². The van der Waals surface area contributed by atoms with Crippen LogP contribution < -0.4 is 10.6 Å². The molecule has 23 heavy (non-hydrogen) atoms. The Labute approximate surface area is 140 Å². The second-order valence-electron chi connectivity index (χ2n) is 7.46. The van der Waals surface area contributed by atoms with Gasteiger partial charge in [0.05, 0.1) is 0 Å². The first-order valence-electron chi connectivity index (χ1n) is 8.70. The first-order chi connectivity index (χ1) is 10.9. The van der Waals surface area contributed by atoms with Gasteiger partial charge in [0.2, 0.25) is 0 Å². The first-order valence-corrected chi connectivity index (χ1v) is 8.70. The van der Waals surface area contributed by atoms with Crippen molar-refractivity contribution in [2.45, 2.75) is 77.5 Å². The second kappa shape index (κ2) is 7.71. The van der Waals surface area contributed by atoms with Crippen LogP contribution in [0.5, 0.6) is 0 Å². The van der Waals surface area contributed by atoms with Crippen LogP contribution in [0, 0.1) is 0 Å². The third-order valence-corrected chi connectivity index (χ3v) is 4.00. The highest BCUT2D eigenvalue weighted by molar-refractivity contribution is 5.68. The van der Waals surface area contributed by atoms with Gasteiger partial charge in [0.25, 0.3) is 0 Å². The molecule has 1 aromatic rings. The number of alkyl carbamates (subject to hydrolysis) is 1. The molecule has 1 fully saturated rings. The van der Waals surface area contributed by atoms with Crippen LogP contribution in [-0.2, 0) is 11.2 Å². The fourth-order valence-corrected chi connectivity index (χ4v) is 2.71. The molecule has 0 spiro atoms. The lowest BCUT2D eigenvalue weighted by Gasteiger charge is -2.37. The van der Waals surface area contributed by atoms with E-state index in [-0.39, 0.29) is 12.1 Å². The summed E-state index contributed by atoms with van der Waals surface area (Å²) in [5.74, 6) is 0. The number of benzene rings is 1. The van der Waals surface area contributed by atoms with E-state index in [4.69, 9.17) is 4.74 Å². The molecular formula is C19H30N2O2. The molecule has 0 atom stereocenters. The Bertz CT molecular complexity index is 499. The van der Waals surface area contributed by atoms with Gasteiger partial charge in [0.1, 0.15) is 5.60 Å². The molecule has 0 unspecified atom stereocenters. The number of hydrogen-bond donors (Lipinski definition) is 2. The number of amides is 1. The lowest BCUT2D eigenvalue weighted by Crippen LogP contribution is -2.50. The molecule has 1 saturated carbocycles. The summed E-state index contributed by atoms with van der Waals surface area (Å²) < 4.78 is 5.27. The van der Waals surface area contributed by atoms with Crippen molar-refractivity contribution >= 4 is 11.8 Å². The highest BCUT2D eigenvalue weighted by atomic mass is 16.6. The number of nitrogens with one attached hydrogen (secondary N) is 2. The molecule has 1 amide bonds. The Morgan fingerprint density at radius 2 is 1.83 bits per heavy atom. The van der Waals surface area contributed by atoms with E-state index in [2.05, 4.69) is 41.8 Å². The van der Waals surface area contributed by atoms with Crippen LogP contribution in [0.1, 0.15) is 58.9 Å². The maximum atomic E-state index is 11.7. The first kappa shape index (κ1) is 17.6. The smallest absolute Gasteiger partial charge is 0.407 e. The monoisotopic (exact) mass is 318 g/mol. The normalized spacial score (nSPS) is 20.5. The number of hydrogen-bond acceptors (Lipinski definition) is 3. The zero-order valence-corrected chi connectivity index (χ0v) is 14.8. The summed E-state index contributed by atoms with van der Waals surface area (Å²) in [6.45, 7) is 7.85. The molecule has 0 heterocycles. The van der Waals surface area contributed by atoms with Crippen LogP contribution in [0.15, 0.2) is 24.3 Å². The van der Waals surface area contributed by atoms with Gasteiger partial charge in [-0.25, -0.2) is 4.79 Å². The zero-order chi connectivity index (χ0) is 16.9. The van der Waals surface area contributed by atoms with Gasteiger partial charge in [-0.3, -0.25) is 0 Å². The molecule has 2 N–H and O–H groups in total. The lowest BCUT2D eigenvalue weighted by atomic mass is 9.86. The third kappa shape index (κ3) is 6.12. The molecule has 0 aromatic heterocycles. The van der Waals surface area contributed by atoms with Crippen LogP contribution in [0.4, 0.5) is 10.5 Å². The minimum absolute atomic E-state index is 0.214. The standard InChI is InChI=1S/C19H30N2O2/c1-5-6-7-14-8-10-15(11-9-14)20-16-12-17(13-16)21-18(22)23-19(2,3)4/h8-11,16-17,20H,5-7,12-13H2,1-4H3,(H,21,22). The molecule has 0 radical (unpaired) electrons. The van der Waals surface area contributed by atoms with E-state index in [1.807, 2.05) is 20.8 Å². The number of carbonyl (C=O) groups is 1. The third-order valence-electron chi connectivity index (χ3n) is 4.00. The summed E-state index contributed by atoms with van der Waals surface area (Å²) in [5, 5.41) is 6.44. The summed E-state index contributed by atoms with van der Waals surface area (Å²) in [7, 11) is 0. The number of aryl methyl sites for hydroxylation is 1. The molecule has 4 nitrogen and oxygen atoms in total. The summed E-state index contributed by atoms with van der Waals surface area (Å²) >= 11 is 0. The average Bonchev–Trinajstić information content (AvgIpc) is 2.42. The highest BCUT2D eigenvalue weighted by Gasteiger charge is 2.31. The second-order valence-corrected chi connectivity index (χ2v) is 7.46. The predicted molar refractivity (Wildman–Crippen MR) is 94.9 cm³/mol. The Morgan fingerprint density at radius 3 is 2.39 bits per heavy atom. The molecule has 0 aliphatic heterocycles. The summed E-state index contributed by atoms with van der Waals surface area (Å²) in [4.78, 5) is 11.7. The minimum atomic E-state index is -0.439. The predicted octanol–water partition coefficient (Wildman–Crippen LogP) is 4.50. The summed E-state index contributed by atoms with van der Waals surface area (Å²) in [5.41, 5.74) is 2.12. The van der Waals surface area contributed by atoms with E-state index in [0.717, 1.165) is 24.9 Å². The van der Waals surface area contributed by atoms with Crippen molar-refractivity contribution in [3.05, 3.63) is 29.8 Å². The molecule has 1 aliphatic carbocycles. The van der Waals surface area contributed by atoms with Gasteiger partial charge in [-0.15, -0.1) is 0 Å². The SMILES string of the molecule is CCCCc1ccc(NC2CC(NC(=O)OC(C)(C)C)C2)cc1. The van der Waals surface area contributed by atoms with Gasteiger partial charge in [-0.2, -0.15) is 0 Å². The molecule has 128 valence electrons. The van der Waals surface area contributed by atoms with Crippen LogP contribution in [0.3, 0.4) is 0 Å². The quantitative estimate of drug-likeness (QED) is 0.812. The van der Waals surface area contributed by atoms with Gasteiger partial charge < -0.3 is 15.4 Å². The van der Waals surface area contributed by atoms with E-state index in [0.29, 0.717) is 6.04 Å². The summed E-state index contributed by atoms with van der Waals surface area (Å²) in [6, 6.07) is 9.35. The van der Waals surface area contributed by atoms with Gasteiger partial charge in [0.15, 0.2) is 0 Å². The number of rotatable bonds is 6. The molecular weight excluding hydrogens is 288 g/mol. The van der Waals surface area contributed by atoms with Gasteiger partial charge in [-0.05, 0) is 64.2 Å². The van der Waals surface area contributed by atoms with E-state index < -0.39 is 5.60 Å². The van der Waals surface area contributed by atoms with E-state index >= 15 is 0 Å². The fourth-order valence-electron chi connectivity index (χ4n) is 2.71. The number of anilines is 1. The van der Waals surface area contributed by atoms with Crippen LogP contribution >= 0.6 is 0 Å². The highest BCUT2D eigenvalue weighted by Crippen LogP contribution is 2.25. The lowest BCUT2D eigenvalue weighted by molar-refractivity contribution is 0.0475. The minimum Gasteiger partial charge on any atom is -0.444 e. The van der Waals surface area contributed by atoms with E-state index in [9.17, 15) is 4.79 Å². The number of unbranched alkanes of at least 4 members (excludes halogenated alkanes) is 1. The van der Waals surface area contributed by atoms with Gasteiger partial charge >= 0.3 is 6.09 Å². The summed E-state index contributed by atoms with van der Waals surface area (Å²) in [6.07, 6.45) is 5.19. The Hall–Kier alpha value is -1.71. The van der Waals surface area contributed by atoms with E-state index in [1.54, 1.807) is 0 Å². The van der Waals surface area contributed by atoms with Crippen molar-refractivity contribution in [2.24, 2.45) is 0 Å². The molecule has 2 rings (SSSR count). The molecule has 1 aliphatic rings. The van der Waals surface area contributed by atoms with Crippen molar-refractivity contribution in [2.75, 3.05) is 5.32 Å². The van der Waals surface area contributed by atoms with Crippen molar-refractivity contribution in [3.63, 3.8) is 0 Å². The van der Waals surface area contributed by atoms with Crippen LogP contribution in [0.25, 0.3) is 0 Å². The maximum Gasteiger partial charge on any atom is 0.407 e. The van der Waals surface area contributed by atoms with Crippen molar-refractivity contribution in [1.82, 2.24) is 5.32 Å². The maximum absolute atomic E-state index is 11.7. The Kier molecular flexibility index (Phi) is 5.91. The topological polar surface area (TPSA) is 50.4 Å². The van der Waals surface area contributed by atoms with E-state index in [1.165, 1.54) is 18.4 Å². The largest absolute Gasteiger partial charge is 0.444 e. The molecule has 4 heteroatoms. The van der Waals surface area contributed by atoms with Crippen molar-refractivity contribution < 1.29 is 9.53 Å². The van der Waals surface area contributed by atoms with Crippen molar-refractivity contribution in [1.29, 1.82) is 0 Å². The average molecular weight is 318 g/mol. The number of carbonyl (C=O) groups excluding carboxylic acids is 1. The number of ether oxygens (including phenoxy) is 1. The molecule has 0 bridgehead atoms. The van der Waals surface area contributed by atoms with Crippen molar-refractivity contribution in [3.8, 4) is 0 Å². The Morgan fingerprint density at radius 1 is 1.17 bits per heavy atom. The molecule has 0 saturated heterocycles.